The highest BCUT2D eigenvalue weighted by atomic mass is 14.0. The zero-order valence-electron chi connectivity index (χ0n) is 8.59. The van der Waals surface area contributed by atoms with E-state index in [1.807, 2.05) is 6.08 Å². The molecule has 0 amide bonds. The van der Waals surface area contributed by atoms with Crippen LogP contribution in [-0.4, -0.2) is 0 Å². The predicted octanol–water partition coefficient (Wildman–Crippen LogP) is 3.81. The van der Waals surface area contributed by atoms with Crippen LogP contribution in [0.5, 0.6) is 0 Å². The van der Waals surface area contributed by atoms with Crippen molar-refractivity contribution in [1.29, 1.82) is 0 Å². The summed E-state index contributed by atoms with van der Waals surface area (Å²) < 4.78 is 0. The van der Waals surface area contributed by atoms with Crippen LogP contribution in [0, 0.1) is 20.8 Å². The Balaban J connectivity index is 3.25. The summed E-state index contributed by atoms with van der Waals surface area (Å²) in [7, 11) is 0. The lowest BCUT2D eigenvalue weighted by molar-refractivity contribution is 1.28. The third-order valence-electron chi connectivity index (χ3n) is 2.40. The number of allylic oxidation sites excluding steroid dienone is 2. The molecular weight excluding hydrogens is 156 g/mol. The van der Waals surface area contributed by atoms with Crippen molar-refractivity contribution in [2.75, 3.05) is 0 Å². The van der Waals surface area contributed by atoms with Crippen molar-refractivity contribution in [3.8, 4) is 0 Å². The molecule has 0 saturated carbocycles. The van der Waals surface area contributed by atoms with Gasteiger partial charge in [0.15, 0.2) is 0 Å². The van der Waals surface area contributed by atoms with Gasteiger partial charge in [0.2, 0.25) is 0 Å². The summed E-state index contributed by atoms with van der Waals surface area (Å²) in [5, 5.41) is 0. The second-order valence-electron chi connectivity index (χ2n) is 3.33. The summed E-state index contributed by atoms with van der Waals surface area (Å²) >= 11 is 0. The van der Waals surface area contributed by atoms with Crippen LogP contribution in [0.4, 0.5) is 0 Å². The number of benzene rings is 1. The molecule has 0 bridgehead atoms. The molecule has 0 radical (unpaired) electrons. The van der Waals surface area contributed by atoms with E-state index in [2.05, 4.69) is 45.6 Å². The van der Waals surface area contributed by atoms with E-state index in [0.717, 1.165) is 0 Å². The first-order valence-corrected chi connectivity index (χ1v) is 4.52. The van der Waals surface area contributed by atoms with Crippen LogP contribution >= 0.6 is 0 Å². The summed E-state index contributed by atoms with van der Waals surface area (Å²) in [5.74, 6) is 0. The topological polar surface area (TPSA) is 0 Å². The summed E-state index contributed by atoms with van der Waals surface area (Å²) in [6, 6.07) is 4.32. The third-order valence-corrected chi connectivity index (χ3v) is 2.40. The molecule has 0 fully saturated rings. The predicted molar refractivity (Wildman–Crippen MR) is 59.9 cm³/mol. The van der Waals surface area contributed by atoms with Gasteiger partial charge < -0.3 is 0 Å². The van der Waals surface area contributed by atoms with Gasteiger partial charge in [-0.25, -0.2) is 0 Å². The molecule has 1 aromatic rings. The first kappa shape index (κ1) is 9.79. The number of hydrogen-bond acceptors (Lipinski definition) is 0. The Morgan fingerprint density at radius 3 is 2.31 bits per heavy atom. The lowest BCUT2D eigenvalue weighted by Gasteiger charge is -2.07. The Hall–Kier alpha value is -1.30. The van der Waals surface area contributed by atoms with E-state index in [1.54, 1.807) is 6.08 Å². The van der Waals surface area contributed by atoms with E-state index in [1.165, 1.54) is 22.3 Å². The van der Waals surface area contributed by atoms with Gasteiger partial charge in [0.1, 0.15) is 0 Å². The molecule has 0 aromatic heterocycles. The Morgan fingerprint density at radius 2 is 1.69 bits per heavy atom. The van der Waals surface area contributed by atoms with E-state index in [9.17, 15) is 0 Å². The van der Waals surface area contributed by atoms with Gasteiger partial charge >= 0.3 is 0 Å². The van der Waals surface area contributed by atoms with Crippen molar-refractivity contribution in [1.82, 2.24) is 0 Å². The minimum Gasteiger partial charge on any atom is -0.0991 e. The van der Waals surface area contributed by atoms with E-state index in [4.69, 9.17) is 0 Å². The second kappa shape index (κ2) is 4.08. The number of hydrogen-bond donors (Lipinski definition) is 0. The van der Waals surface area contributed by atoms with Crippen LogP contribution in [0.15, 0.2) is 30.9 Å². The molecule has 0 heteroatoms. The quantitative estimate of drug-likeness (QED) is 0.595. The summed E-state index contributed by atoms with van der Waals surface area (Å²) in [4.78, 5) is 0. The average Bonchev–Trinajstić information content (AvgIpc) is 2.12. The Kier molecular flexibility index (Phi) is 3.07. The van der Waals surface area contributed by atoms with Crippen molar-refractivity contribution in [2.45, 2.75) is 20.8 Å². The van der Waals surface area contributed by atoms with Crippen molar-refractivity contribution in [3.63, 3.8) is 0 Å². The highest BCUT2D eigenvalue weighted by Crippen LogP contribution is 2.18. The van der Waals surface area contributed by atoms with Crippen molar-refractivity contribution in [2.24, 2.45) is 0 Å². The minimum atomic E-state index is 1.32. The van der Waals surface area contributed by atoms with Gasteiger partial charge in [0.25, 0.3) is 0 Å². The highest BCUT2D eigenvalue weighted by molar-refractivity contribution is 5.60. The van der Waals surface area contributed by atoms with Crippen LogP contribution in [0.1, 0.15) is 22.3 Å². The van der Waals surface area contributed by atoms with E-state index in [0.29, 0.717) is 0 Å². The summed E-state index contributed by atoms with van der Waals surface area (Å²) in [6.07, 6.45) is 5.90. The minimum absolute atomic E-state index is 1.32. The molecule has 0 unspecified atom stereocenters. The van der Waals surface area contributed by atoms with Crippen molar-refractivity contribution >= 4 is 6.08 Å². The second-order valence-corrected chi connectivity index (χ2v) is 3.33. The Bertz CT molecular complexity index is 343. The first-order valence-electron chi connectivity index (χ1n) is 4.52. The van der Waals surface area contributed by atoms with Crippen LogP contribution in [0.25, 0.3) is 6.08 Å². The standard InChI is InChI=1S/C13H16/c1-5-6-7-13-11(3)9-8-10(2)12(13)4/h5-9H,1H2,2-4H3/b7-6+. The lowest BCUT2D eigenvalue weighted by atomic mass is 9.98. The van der Waals surface area contributed by atoms with Crippen LogP contribution in [-0.2, 0) is 0 Å². The van der Waals surface area contributed by atoms with Gasteiger partial charge in [-0.15, -0.1) is 0 Å². The van der Waals surface area contributed by atoms with Gasteiger partial charge in [-0.2, -0.15) is 0 Å². The molecule has 0 atom stereocenters. The lowest BCUT2D eigenvalue weighted by Crippen LogP contribution is -1.89. The average molecular weight is 172 g/mol. The fourth-order valence-electron chi connectivity index (χ4n) is 1.39. The molecule has 0 saturated heterocycles. The summed E-state index contributed by atoms with van der Waals surface area (Å²) in [6.45, 7) is 10.1. The van der Waals surface area contributed by atoms with E-state index < -0.39 is 0 Å². The molecule has 13 heavy (non-hydrogen) atoms. The van der Waals surface area contributed by atoms with Crippen molar-refractivity contribution in [3.05, 3.63) is 53.1 Å². The number of aryl methyl sites for hydroxylation is 2. The van der Waals surface area contributed by atoms with E-state index in [-0.39, 0.29) is 0 Å². The normalized spacial score (nSPS) is 10.7. The Morgan fingerprint density at radius 1 is 1.08 bits per heavy atom. The van der Waals surface area contributed by atoms with Crippen molar-refractivity contribution < 1.29 is 0 Å². The zero-order valence-corrected chi connectivity index (χ0v) is 8.59. The van der Waals surface area contributed by atoms with Gasteiger partial charge in [0.05, 0.1) is 0 Å². The maximum Gasteiger partial charge on any atom is -0.0195 e. The maximum absolute atomic E-state index is 3.67. The molecule has 0 heterocycles. The third kappa shape index (κ3) is 2.09. The molecule has 1 rings (SSSR count). The van der Waals surface area contributed by atoms with Gasteiger partial charge in [-0.3, -0.25) is 0 Å². The molecule has 0 aliphatic carbocycles. The molecule has 0 aliphatic heterocycles. The monoisotopic (exact) mass is 172 g/mol. The molecule has 1 aromatic carbocycles. The van der Waals surface area contributed by atoms with Crippen LogP contribution in [0.2, 0.25) is 0 Å². The Labute approximate surface area is 80.6 Å². The smallest absolute Gasteiger partial charge is 0.0195 e. The van der Waals surface area contributed by atoms with E-state index >= 15 is 0 Å². The van der Waals surface area contributed by atoms with Gasteiger partial charge in [-0.1, -0.05) is 36.9 Å². The molecule has 68 valence electrons. The number of rotatable bonds is 2. The summed E-state index contributed by atoms with van der Waals surface area (Å²) in [5.41, 5.74) is 5.34. The molecule has 0 aliphatic rings. The molecule has 0 N–H and O–H groups in total. The fraction of sp³-hybridized carbons (Fsp3) is 0.231. The molecular formula is C13H16. The maximum atomic E-state index is 3.67. The SMILES string of the molecule is C=C/C=C/c1c(C)ccc(C)c1C. The highest BCUT2D eigenvalue weighted by Gasteiger charge is 2.00. The fourth-order valence-corrected chi connectivity index (χ4v) is 1.39. The molecule has 0 spiro atoms. The van der Waals surface area contributed by atoms with Gasteiger partial charge in [-0.05, 0) is 43.0 Å². The first-order chi connectivity index (χ1) is 6.16. The van der Waals surface area contributed by atoms with Gasteiger partial charge in [0, 0.05) is 0 Å². The largest absolute Gasteiger partial charge is 0.0991 e. The van der Waals surface area contributed by atoms with Crippen LogP contribution in [0.3, 0.4) is 0 Å². The van der Waals surface area contributed by atoms with Crippen LogP contribution < -0.4 is 0 Å². The molecule has 0 nitrogen and oxygen atoms in total. The zero-order chi connectivity index (χ0) is 9.84.